The van der Waals surface area contributed by atoms with Crippen LogP contribution in [0.2, 0.25) is 0 Å². The van der Waals surface area contributed by atoms with Gasteiger partial charge in [-0.3, -0.25) is 4.79 Å². The first-order valence-corrected chi connectivity index (χ1v) is 13.1. The van der Waals surface area contributed by atoms with E-state index < -0.39 is 15.9 Å². The summed E-state index contributed by atoms with van der Waals surface area (Å²) in [5.74, 6) is 0.0740. The number of aromatic nitrogens is 1. The number of benzene rings is 2. The summed E-state index contributed by atoms with van der Waals surface area (Å²) in [6, 6.07) is 14.2. The van der Waals surface area contributed by atoms with Crippen LogP contribution in [0.1, 0.15) is 26.7 Å². The zero-order valence-corrected chi connectivity index (χ0v) is 19.9. The molecule has 1 unspecified atom stereocenters. The molecule has 1 aliphatic rings. The van der Waals surface area contributed by atoms with E-state index in [4.69, 9.17) is 4.74 Å². The molecule has 7 nitrogen and oxygen atoms in total. The van der Waals surface area contributed by atoms with Gasteiger partial charge in [-0.1, -0.05) is 29.5 Å². The molecule has 2 aromatic carbocycles. The van der Waals surface area contributed by atoms with E-state index in [0.29, 0.717) is 37.3 Å². The highest BCUT2D eigenvalue weighted by molar-refractivity contribution is 7.89. The fourth-order valence-electron chi connectivity index (χ4n) is 3.99. The van der Waals surface area contributed by atoms with Crippen LogP contribution in [0.25, 0.3) is 10.2 Å². The van der Waals surface area contributed by atoms with E-state index in [0.717, 1.165) is 16.0 Å². The van der Waals surface area contributed by atoms with Gasteiger partial charge in [0.25, 0.3) is 5.91 Å². The highest BCUT2D eigenvalue weighted by atomic mass is 32.2. The maximum atomic E-state index is 13.1. The second-order valence-electron chi connectivity index (χ2n) is 7.66. The van der Waals surface area contributed by atoms with Crippen molar-refractivity contribution in [2.75, 3.05) is 19.7 Å². The van der Waals surface area contributed by atoms with Crippen molar-refractivity contribution in [3.05, 3.63) is 53.3 Å². The third-order valence-electron chi connectivity index (χ3n) is 5.60. The molecule has 0 bridgehead atoms. The van der Waals surface area contributed by atoms with Gasteiger partial charge >= 0.3 is 0 Å². The summed E-state index contributed by atoms with van der Waals surface area (Å²) in [6.45, 7) is 5.80. The number of ether oxygens (including phenoxy) is 1. The lowest BCUT2D eigenvalue weighted by atomic mass is 9.99. The van der Waals surface area contributed by atoms with E-state index in [9.17, 15) is 13.2 Å². The smallest absolute Gasteiger partial charge is 0.252 e. The normalized spacial score (nSPS) is 18.2. The number of hydrogen-bond acceptors (Lipinski definition) is 5. The molecule has 1 atom stereocenters. The Bertz CT molecular complexity index is 1280. The molecule has 170 valence electrons. The number of nitrogens with zero attached hydrogens (tertiary/aromatic N) is 3. The Hall–Kier alpha value is -2.49. The standard InChI is InChI=1S/C23H27N3O4S2/c1-3-26-20-13-12-18(30-4-2)15-21(20)31-23(26)24-22(27)17-9-8-14-25(16-17)32(28,29)19-10-6-5-7-11-19/h5-7,10-13,15,17H,3-4,8-9,14,16H2,1-2H3. The van der Waals surface area contributed by atoms with Crippen LogP contribution in [0.4, 0.5) is 0 Å². The minimum atomic E-state index is -3.62. The monoisotopic (exact) mass is 473 g/mol. The summed E-state index contributed by atoms with van der Waals surface area (Å²) < 4.78 is 36.0. The van der Waals surface area contributed by atoms with Crippen LogP contribution in [-0.2, 0) is 21.4 Å². The lowest BCUT2D eigenvalue weighted by Gasteiger charge is -2.30. The Morgan fingerprint density at radius 2 is 1.97 bits per heavy atom. The second-order valence-corrected chi connectivity index (χ2v) is 10.6. The van der Waals surface area contributed by atoms with Gasteiger partial charge in [0.15, 0.2) is 4.80 Å². The number of aryl methyl sites for hydroxylation is 1. The number of carbonyl (C=O) groups excluding carboxylic acids is 1. The molecule has 0 aliphatic carbocycles. The van der Waals surface area contributed by atoms with Crippen molar-refractivity contribution in [3.8, 4) is 5.75 Å². The zero-order valence-electron chi connectivity index (χ0n) is 18.2. The van der Waals surface area contributed by atoms with Gasteiger partial charge in [0.05, 0.1) is 27.6 Å². The largest absolute Gasteiger partial charge is 0.494 e. The average Bonchev–Trinajstić information content (AvgIpc) is 3.16. The number of thiazole rings is 1. The fourth-order valence-corrected chi connectivity index (χ4v) is 6.66. The Kier molecular flexibility index (Phi) is 6.78. The molecule has 1 fully saturated rings. The van der Waals surface area contributed by atoms with Crippen LogP contribution in [0.5, 0.6) is 5.75 Å². The first-order chi connectivity index (χ1) is 15.4. The maximum absolute atomic E-state index is 13.1. The predicted molar refractivity (Wildman–Crippen MR) is 125 cm³/mol. The van der Waals surface area contributed by atoms with E-state index in [2.05, 4.69) is 4.99 Å². The molecule has 0 radical (unpaired) electrons. The van der Waals surface area contributed by atoms with Crippen molar-refractivity contribution in [3.63, 3.8) is 0 Å². The molecule has 1 aromatic heterocycles. The Morgan fingerprint density at radius 1 is 1.19 bits per heavy atom. The minimum absolute atomic E-state index is 0.158. The summed E-state index contributed by atoms with van der Waals surface area (Å²) >= 11 is 1.45. The third-order valence-corrected chi connectivity index (χ3v) is 8.52. The van der Waals surface area contributed by atoms with Crippen LogP contribution in [0.3, 0.4) is 0 Å². The highest BCUT2D eigenvalue weighted by Crippen LogP contribution is 2.26. The third kappa shape index (κ3) is 4.51. The lowest BCUT2D eigenvalue weighted by Crippen LogP contribution is -2.42. The van der Waals surface area contributed by atoms with Gasteiger partial charge in [-0.2, -0.15) is 9.30 Å². The summed E-state index contributed by atoms with van der Waals surface area (Å²) in [6.07, 6.45) is 1.27. The van der Waals surface area contributed by atoms with Crippen molar-refractivity contribution >= 4 is 37.5 Å². The predicted octanol–water partition coefficient (Wildman–Crippen LogP) is 3.65. The minimum Gasteiger partial charge on any atom is -0.494 e. The fraction of sp³-hybridized carbons (Fsp3) is 0.391. The second kappa shape index (κ2) is 9.56. The summed E-state index contributed by atoms with van der Waals surface area (Å²) in [4.78, 5) is 18.4. The number of carbonyl (C=O) groups is 1. The van der Waals surface area contributed by atoms with Gasteiger partial charge in [-0.25, -0.2) is 8.42 Å². The summed E-state index contributed by atoms with van der Waals surface area (Å²) in [7, 11) is -3.62. The van der Waals surface area contributed by atoms with E-state index in [1.165, 1.54) is 15.6 Å². The van der Waals surface area contributed by atoms with Gasteiger partial charge in [-0.15, -0.1) is 0 Å². The first kappa shape index (κ1) is 22.7. The molecule has 0 saturated carbocycles. The van der Waals surface area contributed by atoms with E-state index in [1.54, 1.807) is 30.3 Å². The number of fused-ring (bicyclic) bond motifs is 1. The van der Waals surface area contributed by atoms with Gasteiger partial charge < -0.3 is 9.30 Å². The molecule has 1 amide bonds. The molecule has 0 N–H and O–H groups in total. The van der Waals surface area contributed by atoms with E-state index in [-0.39, 0.29) is 17.3 Å². The number of sulfonamides is 1. The molecule has 32 heavy (non-hydrogen) atoms. The van der Waals surface area contributed by atoms with Gasteiger partial charge in [-0.05, 0) is 57.0 Å². The van der Waals surface area contributed by atoms with Crippen molar-refractivity contribution in [1.82, 2.24) is 8.87 Å². The van der Waals surface area contributed by atoms with Crippen LogP contribution < -0.4 is 9.54 Å². The van der Waals surface area contributed by atoms with Crippen LogP contribution >= 0.6 is 11.3 Å². The average molecular weight is 474 g/mol. The molecule has 0 spiro atoms. The SMILES string of the molecule is CCOc1ccc2c(c1)sc(=NC(=O)C1CCCN(S(=O)(=O)c3ccccc3)C1)n2CC. The number of piperidine rings is 1. The van der Waals surface area contributed by atoms with E-state index >= 15 is 0 Å². The first-order valence-electron chi connectivity index (χ1n) is 10.8. The van der Waals surface area contributed by atoms with Crippen molar-refractivity contribution in [1.29, 1.82) is 0 Å². The topological polar surface area (TPSA) is 81.0 Å². The lowest BCUT2D eigenvalue weighted by molar-refractivity contribution is -0.122. The van der Waals surface area contributed by atoms with Crippen LogP contribution in [0, 0.1) is 5.92 Å². The van der Waals surface area contributed by atoms with Crippen molar-refractivity contribution in [2.24, 2.45) is 10.9 Å². The maximum Gasteiger partial charge on any atom is 0.252 e. The molecule has 2 heterocycles. The molecule has 4 rings (SSSR count). The highest BCUT2D eigenvalue weighted by Gasteiger charge is 2.33. The van der Waals surface area contributed by atoms with Crippen molar-refractivity contribution < 1.29 is 17.9 Å². The quantitative estimate of drug-likeness (QED) is 0.547. The molecule has 9 heteroatoms. The van der Waals surface area contributed by atoms with Gasteiger partial charge in [0.2, 0.25) is 10.0 Å². The Morgan fingerprint density at radius 3 is 2.69 bits per heavy atom. The molecular formula is C23H27N3O4S2. The Labute approximate surface area is 192 Å². The molecular weight excluding hydrogens is 446 g/mol. The number of hydrogen-bond donors (Lipinski definition) is 0. The molecule has 3 aromatic rings. The zero-order chi connectivity index (χ0) is 22.7. The van der Waals surface area contributed by atoms with Gasteiger partial charge in [0, 0.05) is 19.6 Å². The van der Waals surface area contributed by atoms with Crippen LogP contribution in [0.15, 0.2) is 58.4 Å². The molecule has 1 saturated heterocycles. The van der Waals surface area contributed by atoms with E-state index in [1.807, 2.05) is 36.6 Å². The Balaban J connectivity index is 1.61. The molecule has 1 aliphatic heterocycles. The summed E-state index contributed by atoms with van der Waals surface area (Å²) in [5.41, 5.74) is 1.00. The summed E-state index contributed by atoms with van der Waals surface area (Å²) in [5, 5.41) is 0. The van der Waals surface area contributed by atoms with Crippen molar-refractivity contribution in [2.45, 2.75) is 38.1 Å². The number of amides is 1. The van der Waals surface area contributed by atoms with Gasteiger partial charge in [0.1, 0.15) is 5.75 Å². The number of rotatable bonds is 6. The van der Waals surface area contributed by atoms with Crippen LogP contribution in [-0.4, -0.2) is 42.9 Å².